The molecule has 1 aromatic heterocycles. The number of sulfonamides is 1. The van der Waals surface area contributed by atoms with E-state index < -0.39 is 16.0 Å². The molecule has 0 saturated heterocycles. The molecule has 8 nitrogen and oxygen atoms in total. The van der Waals surface area contributed by atoms with Crippen LogP contribution in [0.15, 0.2) is 28.5 Å². The summed E-state index contributed by atoms with van der Waals surface area (Å²) in [7, 11) is -1.18. The fourth-order valence-electron chi connectivity index (χ4n) is 1.75. The van der Waals surface area contributed by atoms with Crippen LogP contribution in [-0.2, 0) is 21.2 Å². The molecule has 1 aromatic carbocycles. The van der Waals surface area contributed by atoms with Crippen LogP contribution < -0.4 is 14.2 Å². The number of aromatic nitrogens is 1. The van der Waals surface area contributed by atoms with E-state index in [1.807, 2.05) is 0 Å². The van der Waals surface area contributed by atoms with E-state index in [2.05, 4.69) is 9.71 Å². The Hall–Kier alpha value is -2.33. The molecule has 0 spiro atoms. The second kappa shape index (κ2) is 6.84. The third-order valence-electron chi connectivity index (χ3n) is 2.77. The molecule has 0 unspecified atom stereocenters. The molecule has 0 saturated carbocycles. The van der Waals surface area contributed by atoms with Crippen LogP contribution in [0.5, 0.6) is 11.5 Å². The topological polar surface area (TPSA) is 115 Å². The summed E-state index contributed by atoms with van der Waals surface area (Å²) in [5.41, 5.74) is 0.276. The molecule has 2 rings (SSSR count). The molecule has 0 aliphatic carbocycles. The van der Waals surface area contributed by atoms with Gasteiger partial charge in [0, 0.05) is 11.4 Å². The van der Waals surface area contributed by atoms with Crippen LogP contribution in [0.3, 0.4) is 0 Å². The molecule has 0 aliphatic heterocycles. The van der Waals surface area contributed by atoms with Crippen molar-refractivity contribution in [2.24, 2.45) is 0 Å². The van der Waals surface area contributed by atoms with E-state index in [0.717, 1.165) is 11.3 Å². The standard InChI is InChI=1S/C13H14N2O6S2/c1-20-9-3-4-10(21-2)11(6-9)23(18,19)15-13-14-8(7-22-13)5-12(16)17/h3-4,6-7H,5H2,1-2H3,(H,14,15)(H,16,17). The SMILES string of the molecule is COc1ccc(OC)c(S(=O)(=O)Nc2nc(CC(=O)O)cs2)c1. The molecule has 0 aliphatic rings. The smallest absolute Gasteiger partial charge is 0.309 e. The number of anilines is 1. The van der Waals surface area contributed by atoms with Crippen LogP contribution in [0.2, 0.25) is 0 Å². The summed E-state index contributed by atoms with van der Waals surface area (Å²) in [5.74, 6) is -0.531. The molecule has 0 radical (unpaired) electrons. The lowest BCUT2D eigenvalue weighted by molar-refractivity contribution is -0.136. The van der Waals surface area contributed by atoms with Crippen molar-refractivity contribution in [3.8, 4) is 11.5 Å². The molecular weight excluding hydrogens is 344 g/mol. The molecule has 0 bridgehead atoms. The van der Waals surface area contributed by atoms with Crippen molar-refractivity contribution >= 4 is 32.5 Å². The Balaban J connectivity index is 2.31. The van der Waals surface area contributed by atoms with Gasteiger partial charge < -0.3 is 14.6 Å². The zero-order chi connectivity index (χ0) is 17.0. The molecule has 2 N–H and O–H groups in total. The van der Waals surface area contributed by atoms with E-state index in [1.165, 1.54) is 31.7 Å². The zero-order valence-electron chi connectivity index (χ0n) is 12.3. The third-order valence-corrected chi connectivity index (χ3v) is 5.06. The lowest BCUT2D eigenvalue weighted by Crippen LogP contribution is -2.14. The second-order valence-corrected chi connectivity index (χ2v) is 6.85. The Morgan fingerprint density at radius 3 is 2.70 bits per heavy atom. The monoisotopic (exact) mass is 358 g/mol. The number of nitrogens with one attached hydrogen (secondary N) is 1. The van der Waals surface area contributed by atoms with E-state index in [1.54, 1.807) is 6.07 Å². The first-order valence-corrected chi connectivity index (χ1v) is 8.63. The quantitative estimate of drug-likeness (QED) is 0.772. The predicted octanol–water partition coefficient (Wildman–Crippen LogP) is 1.59. The van der Waals surface area contributed by atoms with Crippen LogP contribution in [0.1, 0.15) is 5.69 Å². The normalized spacial score (nSPS) is 11.0. The Morgan fingerprint density at radius 1 is 1.35 bits per heavy atom. The van der Waals surface area contributed by atoms with Gasteiger partial charge in [-0.05, 0) is 12.1 Å². The summed E-state index contributed by atoms with van der Waals surface area (Å²) in [5, 5.41) is 10.3. The highest BCUT2D eigenvalue weighted by molar-refractivity contribution is 7.93. The molecule has 2 aromatic rings. The second-order valence-electron chi connectivity index (χ2n) is 4.34. The van der Waals surface area contributed by atoms with Crippen LogP contribution in [0, 0.1) is 0 Å². The average Bonchev–Trinajstić information content (AvgIpc) is 2.91. The summed E-state index contributed by atoms with van der Waals surface area (Å²) >= 11 is 1.000. The highest BCUT2D eigenvalue weighted by Gasteiger charge is 2.22. The number of hydrogen-bond acceptors (Lipinski definition) is 7. The fourth-order valence-corrected chi connectivity index (χ4v) is 3.90. The minimum Gasteiger partial charge on any atom is -0.497 e. The van der Waals surface area contributed by atoms with Crippen molar-refractivity contribution in [3.05, 3.63) is 29.3 Å². The van der Waals surface area contributed by atoms with Crippen LogP contribution >= 0.6 is 11.3 Å². The number of rotatable bonds is 7. The fraction of sp³-hybridized carbons (Fsp3) is 0.231. The summed E-state index contributed by atoms with van der Waals surface area (Å²) in [4.78, 5) is 14.5. The Kier molecular flexibility index (Phi) is 5.06. The van der Waals surface area contributed by atoms with Gasteiger partial charge in [0.05, 0.1) is 26.3 Å². The van der Waals surface area contributed by atoms with E-state index in [4.69, 9.17) is 14.6 Å². The summed E-state index contributed by atoms with van der Waals surface area (Å²) < 4.78 is 37.4. The number of methoxy groups -OCH3 is 2. The summed E-state index contributed by atoms with van der Waals surface area (Å²) in [6.45, 7) is 0. The van der Waals surface area contributed by atoms with Gasteiger partial charge in [0.25, 0.3) is 10.0 Å². The van der Waals surface area contributed by atoms with Gasteiger partial charge in [0.15, 0.2) is 5.13 Å². The maximum absolute atomic E-state index is 12.5. The Morgan fingerprint density at radius 2 is 2.09 bits per heavy atom. The van der Waals surface area contributed by atoms with Gasteiger partial charge >= 0.3 is 5.97 Å². The van der Waals surface area contributed by atoms with Crippen LogP contribution in [-0.4, -0.2) is 38.7 Å². The molecular formula is C13H14N2O6S2. The van der Waals surface area contributed by atoms with Crippen molar-refractivity contribution in [2.75, 3.05) is 18.9 Å². The molecule has 124 valence electrons. The van der Waals surface area contributed by atoms with E-state index in [9.17, 15) is 13.2 Å². The first-order chi connectivity index (χ1) is 10.9. The maximum atomic E-state index is 12.5. The minimum absolute atomic E-state index is 0.0751. The average molecular weight is 358 g/mol. The Labute approximate surface area is 136 Å². The first-order valence-electron chi connectivity index (χ1n) is 6.26. The highest BCUT2D eigenvalue weighted by Crippen LogP contribution is 2.30. The van der Waals surface area contributed by atoms with Gasteiger partial charge in [0.1, 0.15) is 16.4 Å². The maximum Gasteiger partial charge on any atom is 0.309 e. The highest BCUT2D eigenvalue weighted by atomic mass is 32.2. The van der Waals surface area contributed by atoms with E-state index in [0.29, 0.717) is 5.75 Å². The molecule has 1 heterocycles. The zero-order valence-corrected chi connectivity index (χ0v) is 13.9. The molecule has 0 fully saturated rings. The van der Waals surface area contributed by atoms with Crippen molar-refractivity contribution in [1.82, 2.24) is 4.98 Å². The van der Waals surface area contributed by atoms with Crippen molar-refractivity contribution in [1.29, 1.82) is 0 Å². The van der Waals surface area contributed by atoms with Crippen LogP contribution in [0.25, 0.3) is 0 Å². The number of thiazole rings is 1. The number of aliphatic carboxylic acids is 1. The first kappa shape index (κ1) is 17.0. The van der Waals surface area contributed by atoms with Crippen molar-refractivity contribution in [3.63, 3.8) is 0 Å². The Bertz CT molecular complexity index is 816. The van der Waals surface area contributed by atoms with Gasteiger partial charge in [-0.25, -0.2) is 13.4 Å². The van der Waals surface area contributed by atoms with Gasteiger partial charge in [0.2, 0.25) is 0 Å². The van der Waals surface area contributed by atoms with Gasteiger partial charge in [-0.1, -0.05) is 0 Å². The number of nitrogens with zero attached hydrogens (tertiary/aromatic N) is 1. The van der Waals surface area contributed by atoms with E-state index in [-0.39, 0.29) is 27.9 Å². The largest absolute Gasteiger partial charge is 0.497 e. The molecule has 23 heavy (non-hydrogen) atoms. The number of ether oxygens (including phenoxy) is 2. The predicted molar refractivity (Wildman–Crippen MR) is 83.8 cm³/mol. The lowest BCUT2D eigenvalue weighted by atomic mass is 10.3. The minimum atomic E-state index is -3.96. The van der Waals surface area contributed by atoms with Gasteiger partial charge in [-0.15, -0.1) is 11.3 Å². The number of carboxylic acids is 1. The number of benzene rings is 1. The summed E-state index contributed by atoms with van der Waals surface area (Å²) in [6, 6.07) is 4.38. The number of hydrogen-bond donors (Lipinski definition) is 2. The third kappa shape index (κ3) is 4.11. The van der Waals surface area contributed by atoms with Gasteiger partial charge in [-0.2, -0.15) is 0 Å². The summed E-state index contributed by atoms with van der Waals surface area (Å²) in [6.07, 6.45) is -0.277. The van der Waals surface area contributed by atoms with Crippen LogP contribution in [0.4, 0.5) is 5.13 Å². The van der Waals surface area contributed by atoms with Crippen molar-refractivity contribution < 1.29 is 27.8 Å². The molecule has 10 heteroatoms. The van der Waals surface area contributed by atoms with E-state index >= 15 is 0 Å². The lowest BCUT2D eigenvalue weighted by Gasteiger charge is -2.11. The van der Waals surface area contributed by atoms with Crippen molar-refractivity contribution in [2.45, 2.75) is 11.3 Å². The number of carboxylic acid groups (broad SMARTS) is 1. The number of carbonyl (C=O) groups is 1. The molecule has 0 amide bonds. The van der Waals surface area contributed by atoms with Gasteiger partial charge in [-0.3, -0.25) is 9.52 Å². The molecule has 0 atom stereocenters.